The maximum Gasteiger partial charge on any atom is 0.184 e. The van der Waals surface area contributed by atoms with Gasteiger partial charge in [0.05, 0.1) is 0 Å². The summed E-state index contributed by atoms with van der Waals surface area (Å²) in [5.41, 5.74) is 13.3. The van der Waals surface area contributed by atoms with Crippen LogP contribution in [0.3, 0.4) is 0 Å². The van der Waals surface area contributed by atoms with Crippen molar-refractivity contribution in [2.45, 2.75) is 57.7 Å². The summed E-state index contributed by atoms with van der Waals surface area (Å²) in [4.78, 5) is 0. The van der Waals surface area contributed by atoms with E-state index in [0.717, 1.165) is 23.6 Å². The lowest BCUT2D eigenvalue weighted by Gasteiger charge is -2.46. The molecule has 6 N–H and O–H groups in total. The predicted molar refractivity (Wildman–Crippen MR) is 115 cm³/mol. The van der Waals surface area contributed by atoms with Crippen molar-refractivity contribution in [2.24, 2.45) is 11.5 Å². The zero-order valence-electron chi connectivity index (χ0n) is 17.1. The second-order valence-electron chi connectivity index (χ2n) is 8.95. The fourth-order valence-electron chi connectivity index (χ4n) is 4.26. The van der Waals surface area contributed by atoms with Crippen molar-refractivity contribution in [3.05, 3.63) is 60.0 Å². The molecule has 1 heterocycles. The topological polar surface area (TPSA) is 93.5 Å². The Morgan fingerprint density at radius 1 is 1.04 bits per heavy atom. The van der Waals surface area contributed by atoms with E-state index in [2.05, 4.69) is 33.0 Å². The van der Waals surface area contributed by atoms with Gasteiger partial charge in [-0.1, -0.05) is 24.3 Å². The Morgan fingerprint density at radius 3 is 2.21 bits per heavy atom. The molecule has 1 fully saturated rings. The Balaban J connectivity index is 1.76. The first-order valence-electron chi connectivity index (χ1n) is 9.66. The summed E-state index contributed by atoms with van der Waals surface area (Å²) < 4.78 is 5.99. The molecule has 2 aromatic rings. The minimum Gasteiger partial charge on any atom is -0.507 e. The molecule has 1 saturated heterocycles. The number of rotatable bonds is 4. The van der Waals surface area contributed by atoms with E-state index in [1.165, 1.54) is 0 Å². The summed E-state index contributed by atoms with van der Waals surface area (Å²) in [5.74, 6) is 0.462. The number of hydrogen-bond donors (Lipinski definition) is 4. The van der Waals surface area contributed by atoms with E-state index in [0.29, 0.717) is 17.1 Å². The van der Waals surface area contributed by atoms with Crippen molar-refractivity contribution in [3.8, 4) is 5.75 Å². The lowest BCUT2D eigenvalue weighted by Crippen LogP contribution is -2.59. The second-order valence-corrected chi connectivity index (χ2v) is 8.95. The van der Waals surface area contributed by atoms with Gasteiger partial charge in [-0.3, -0.25) is 0 Å². The number of benzene rings is 2. The Kier molecular flexibility index (Phi) is 5.31. The predicted octanol–water partition coefficient (Wildman–Crippen LogP) is 3.97. The third-order valence-electron chi connectivity index (χ3n) is 5.06. The lowest BCUT2D eigenvalue weighted by molar-refractivity contribution is 0.0130. The van der Waals surface area contributed by atoms with Gasteiger partial charge in [-0.15, -0.1) is 0 Å². The number of allylic oxidation sites excluding steroid dienone is 2. The van der Waals surface area contributed by atoms with Crippen LogP contribution in [0, 0.1) is 0 Å². The van der Waals surface area contributed by atoms with E-state index < -0.39 is 0 Å². The molecule has 5 nitrogen and oxygen atoms in total. The van der Waals surface area contributed by atoms with Crippen LogP contribution in [0.5, 0.6) is 5.75 Å². The molecule has 0 bridgehead atoms. The van der Waals surface area contributed by atoms with Gasteiger partial charge in [0.2, 0.25) is 0 Å². The summed E-state index contributed by atoms with van der Waals surface area (Å²) >= 11 is 0. The SMILES string of the molecule is CC1(C)CC(O/C(N)=C/C=C(\N)c2cc3ccccc3cc2O)CC(C)(C)N1. The highest BCUT2D eigenvalue weighted by Crippen LogP contribution is 2.31. The fraction of sp³-hybridized carbons (Fsp3) is 0.391. The normalized spacial score (nSPS) is 20.3. The average Bonchev–Trinajstić information content (AvgIpc) is 2.56. The monoisotopic (exact) mass is 381 g/mol. The quantitative estimate of drug-likeness (QED) is 0.475. The highest BCUT2D eigenvalue weighted by atomic mass is 16.5. The molecule has 0 aliphatic carbocycles. The minimum atomic E-state index is -0.0154. The van der Waals surface area contributed by atoms with Crippen LogP contribution in [0.2, 0.25) is 0 Å². The lowest BCUT2D eigenvalue weighted by atomic mass is 9.81. The molecular formula is C23H31N3O2. The molecular weight excluding hydrogens is 350 g/mol. The van der Waals surface area contributed by atoms with E-state index in [1.54, 1.807) is 18.2 Å². The number of aromatic hydroxyl groups is 1. The molecule has 3 rings (SSSR count). The molecule has 5 heteroatoms. The first-order chi connectivity index (χ1) is 13.0. The molecule has 0 spiro atoms. The summed E-state index contributed by atoms with van der Waals surface area (Å²) in [6.45, 7) is 8.68. The molecule has 0 aromatic heterocycles. The molecule has 0 radical (unpaired) electrons. The standard InChI is InChI=1S/C23H31N3O2/c1-22(2)13-17(14-23(3,4)26-22)28-21(25)10-9-19(24)18-11-15-7-5-6-8-16(15)12-20(18)27/h5-12,17,26-27H,13-14,24-25H2,1-4H3/b19-9-,21-10+. The Bertz CT molecular complexity index is 913. The van der Waals surface area contributed by atoms with Crippen LogP contribution in [-0.4, -0.2) is 22.3 Å². The Morgan fingerprint density at radius 2 is 1.61 bits per heavy atom. The van der Waals surface area contributed by atoms with Crippen molar-refractivity contribution >= 4 is 16.5 Å². The number of nitrogens with two attached hydrogens (primary N) is 2. The first-order valence-corrected chi connectivity index (χ1v) is 9.66. The van der Waals surface area contributed by atoms with Gasteiger partial charge in [0.1, 0.15) is 11.9 Å². The average molecular weight is 382 g/mol. The first kappa shape index (κ1) is 20.1. The van der Waals surface area contributed by atoms with Crippen LogP contribution >= 0.6 is 0 Å². The Hall–Kier alpha value is -2.66. The van der Waals surface area contributed by atoms with E-state index in [4.69, 9.17) is 16.2 Å². The second kappa shape index (κ2) is 7.40. The van der Waals surface area contributed by atoms with Gasteiger partial charge in [-0.25, -0.2) is 0 Å². The van der Waals surface area contributed by atoms with Crippen molar-refractivity contribution in [1.82, 2.24) is 5.32 Å². The van der Waals surface area contributed by atoms with Crippen LogP contribution in [0.4, 0.5) is 0 Å². The molecule has 28 heavy (non-hydrogen) atoms. The number of phenols is 1. The maximum atomic E-state index is 10.3. The van der Waals surface area contributed by atoms with Crippen LogP contribution in [0.15, 0.2) is 54.4 Å². The fourth-order valence-corrected chi connectivity index (χ4v) is 4.26. The highest BCUT2D eigenvalue weighted by Gasteiger charge is 2.38. The third kappa shape index (κ3) is 4.78. The van der Waals surface area contributed by atoms with Gasteiger partial charge >= 0.3 is 0 Å². The smallest absolute Gasteiger partial charge is 0.184 e. The number of nitrogens with one attached hydrogen (secondary N) is 1. The maximum absolute atomic E-state index is 10.3. The third-order valence-corrected chi connectivity index (χ3v) is 5.06. The van der Waals surface area contributed by atoms with Crippen LogP contribution in [-0.2, 0) is 4.74 Å². The minimum absolute atomic E-state index is 0.0154. The van der Waals surface area contributed by atoms with Gasteiger partial charge in [0, 0.05) is 35.2 Å². The van der Waals surface area contributed by atoms with Gasteiger partial charge in [-0.2, -0.15) is 0 Å². The molecule has 0 saturated carbocycles. The summed E-state index contributed by atoms with van der Waals surface area (Å²) in [7, 11) is 0. The zero-order chi connectivity index (χ0) is 20.5. The van der Waals surface area contributed by atoms with Crippen molar-refractivity contribution in [2.75, 3.05) is 0 Å². The van der Waals surface area contributed by atoms with Crippen molar-refractivity contribution in [1.29, 1.82) is 0 Å². The van der Waals surface area contributed by atoms with Crippen LogP contribution < -0.4 is 16.8 Å². The van der Waals surface area contributed by atoms with E-state index >= 15 is 0 Å². The molecule has 0 atom stereocenters. The van der Waals surface area contributed by atoms with Crippen molar-refractivity contribution in [3.63, 3.8) is 0 Å². The van der Waals surface area contributed by atoms with E-state index in [9.17, 15) is 5.11 Å². The van der Waals surface area contributed by atoms with Crippen LogP contribution in [0.25, 0.3) is 16.5 Å². The van der Waals surface area contributed by atoms with E-state index in [-0.39, 0.29) is 22.9 Å². The van der Waals surface area contributed by atoms with Gasteiger partial charge < -0.3 is 26.6 Å². The summed E-state index contributed by atoms with van der Waals surface area (Å²) in [5, 5.41) is 15.9. The molecule has 2 aromatic carbocycles. The summed E-state index contributed by atoms with van der Waals surface area (Å²) in [6.07, 6.45) is 5.11. The number of fused-ring (bicyclic) bond motifs is 1. The number of ether oxygens (including phenoxy) is 1. The highest BCUT2D eigenvalue weighted by molar-refractivity contribution is 5.88. The molecule has 1 aliphatic heterocycles. The number of phenolic OH excluding ortho intramolecular Hbond substituents is 1. The van der Waals surface area contributed by atoms with E-state index in [1.807, 2.05) is 30.3 Å². The Labute approximate surface area is 167 Å². The molecule has 0 amide bonds. The van der Waals surface area contributed by atoms with Gasteiger partial charge in [0.25, 0.3) is 0 Å². The molecule has 1 aliphatic rings. The molecule has 150 valence electrons. The largest absolute Gasteiger partial charge is 0.507 e. The summed E-state index contributed by atoms with van der Waals surface area (Å²) in [6, 6.07) is 11.4. The van der Waals surface area contributed by atoms with Crippen LogP contribution in [0.1, 0.15) is 46.1 Å². The zero-order valence-corrected chi connectivity index (χ0v) is 17.1. The van der Waals surface area contributed by atoms with Gasteiger partial charge in [-0.05, 0) is 62.8 Å². The van der Waals surface area contributed by atoms with Gasteiger partial charge in [0.15, 0.2) is 5.88 Å². The van der Waals surface area contributed by atoms with Crippen molar-refractivity contribution < 1.29 is 9.84 Å². The number of piperidine rings is 1. The molecule has 0 unspecified atom stereocenters. The number of hydrogen-bond acceptors (Lipinski definition) is 5.